The Morgan fingerprint density at radius 1 is 1.25 bits per heavy atom. The Balaban J connectivity index is 1.42. The van der Waals surface area contributed by atoms with Crippen LogP contribution < -0.4 is 5.32 Å². The molecule has 0 aromatic carbocycles. The second-order valence-corrected chi connectivity index (χ2v) is 6.26. The predicted octanol–water partition coefficient (Wildman–Crippen LogP) is 2.44. The summed E-state index contributed by atoms with van der Waals surface area (Å²) in [5.74, 6) is 3.90. The maximum Gasteiger partial charge on any atom is 0.0509 e. The molecule has 0 amide bonds. The number of nitrogens with one attached hydrogen (secondary N) is 1. The van der Waals surface area contributed by atoms with Crippen molar-refractivity contribution in [3.8, 4) is 0 Å². The molecule has 1 N–H and O–H groups in total. The molecule has 2 bridgehead atoms. The fourth-order valence-corrected chi connectivity index (χ4v) is 4.08. The first kappa shape index (κ1) is 11.0. The van der Waals surface area contributed by atoms with E-state index in [2.05, 4.69) is 12.2 Å². The Hall–Kier alpha value is -0.0800. The third kappa shape index (κ3) is 2.14. The lowest BCUT2D eigenvalue weighted by Crippen LogP contribution is -2.38. The van der Waals surface area contributed by atoms with Gasteiger partial charge in [-0.1, -0.05) is 6.42 Å². The van der Waals surface area contributed by atoms with Gasteiger partial charge in [-0.25, -0.2) is 0 Å². The molecule has 0 spiro atoms. The summed E-state index contributed by atoms with van der Waals surface area (Å²) in [7, 11) is 0. The zero-order valence-corrected chi connectivity index (χ0v) is 10.5. The van der Waals surface area contributed by atoms with Gasteiger partial charge in [0.2, 0.25) is 0 Å². The van der Waals surface area contributed by atoms with E-state index in [-0.39, 0.29) is 0 Å². The molecule has 1 heterocycles. The molecular weight excluding hydrogens is 198 g/mol. The van der Waals surface area contributed by atoms with Crippen molar-refractivity contribution in [2.24, 2.45) is 23.7 Å². The lowest BCUT2D eigenvalue weighted by molar-refractivity contribution is 0.176. The maximum atomic E-state index is 5.46. The molecule has 5 atom stereocenters. The van der Waals surface area contributed by atoms with Crippen molar-refractivity contribution >= 4 is 0 Å². The minimum absolute atomic E-state index is 0.654. The Labute approximate surface area is 99.1 Å². The van der Waals surface area contributed by atoms with Crippen LogP contribution in [0.4, 0.5) is 0 Å². The van der Waals surface area contributed by atoms with Gasteiger partial charge in [-0.2, -0.15) is 0 Å². The lowest BCUT2D eigenvalue weighted by Gasteiger charge is -2.26. The van der Waals surface area contributed by atoms with Crippen LogP contribution in [0.3, 0.4) is 0 Å². The quantitative estimate of drug-likeness (QED) is 0.790. The van der Waals surface area contributed by atoms with E-state index in [9.17, 15) is 0 Å². The molecule has 2 saturated carbocycles. The highest BCUT2D eigenvalue weighted by molar-refractivity contribution is 4.91. The fraction of sp³-hybridized carbons (Fsp3) is 1.00. The van der Waals surface area contributed by atoms with Gasteiger partial charge in [0.1, 0.15) is 0 Å². The summed E-state index contributed by atoms with van der Waals surface area (Å²) in [5, 5.41) is 3.77. The summed E-state index contributed by atoms with van der Waals surface area (Å²) in [6.45, 7) is 5.56. The van der Waals surface area contributed by atoms with Crippen LogP contribution in [0, 0.1) is 23.7 Å². The minimum Gasteiger partial charge on any atom is -0.381 e. The summed E-state index contributed by atoms with van der Waals surface area (Å²) in [5.41, 5.74) is 0. The SMILES string of the molecule is CC(NCC1CC2CCC1C2)C1CCOC1. The molecule has 16 heavy (non-hydrogen) atoms. The van der Waals surface area contributed by atoms with Gasteiger partial charge in [-0.15, -0.1) is 0 Å². The summed E-state index contributed by atoms with van der Waals surface area (Å²) in [6.07, 6.45) is 7.33. The largest absolute Gasteiger partial charge is 0.381 e. The van der Waals surface area contributed by atoms with Crippen LogP contribution >= 0.6 is 0 Å². The van der Waals surface area contributed by atoms with Crippen molar-refractivity contribution in [1.82, 2.24) is 5.32 Å². The van der Waals surface area contributed by atoms with Gasteiger partial charge < -0.3 is 10.1 Å². The monoisotopic (exact) mass is 223 g/mol. The van der Waals surface area contributed by atoms with Crippen LogP contribution in [0.2, 0.25) is 0 Å². The molecule has 3 fully saturated rings. The molecule has 0 radical (unpaired) electrons. The number of hydrogen-bond donors (Lipinski definition) is 1. The molecule has 3 aliphatic rings. The van der Waals surface area contributed by atoms with Gasteiger partial charge in [-0.3, -0.25) is 0 Å². The Bertz CT molecular complexity index is 237. The normalized spacial score (nSPS) is 44.1. The number of ether oxygens (including phenoxy) is 1. The van der Waals surface area contributed by atoms with Crippen molar-refractivity contribution in [3.05, 3.63) is 0 Å². The number of hydrogen-bond acceptors (Lipinski definition) is 2. The van der Waals surface area contributed by atoms with Gasteiger partial charge >= 0.3 is 0 Å². The van der Waals surface area contributed by atoms with E-state index in [1.807, 2.05) is 0 Å². The maximum absolute atomic E-state index is 5.46. The molecule has 0 aromatic rings. The molecular formula is C14H25NO. The van der Waals surface area contributed by atoms with E-state index in [0.29, 0.717) is 6.04 Å². The van der Waals surface area contributed by atoms with Crippen molar-refractivity contribution in [2.45, 2.75) is 45.1 Å². The standard InChI is InChI=1S/C14H25NO/c1-10(13-4-5-16-9-13)15-8-14-7-11-2-3-12(14)6-11/h10-15H,2-9H2,1H3. The molecule has 1 aliphatic heterocycles. The first-order valence-corrected chi connectivity index (χ1v) is 7.14. The van der Waals surface area contributed by atoms with E-state index >= 15 is 0 Å². The van der Waals surface area contributed by atoms with Crippen LogP contribution in [0.1, 0.15) is 39.0 Å². The summed E-state index contributed by atoms with van der Waals surface area (Å²) < 4.78 is 5.46. The third-order valence-corrected chi connectivity index (χ3v) is 5.26. The van der Waals surface area contributed by atoms with Crippen LogP contribution in [0.15, 0.2) is 0 Å². The Morgan fingerprint density at radius 3 is 2.81 bits per heavy atom. The van der Waals surface area contributed by atoms with Gasteiger partial charge in [0.15, 0.2) is 0 Å². The Kier molecular flexibility index (Phi) is 3.21. The highest BCUT2D eigenvalue weighted by Gasteiger charge is 2.39. The average Bonchev–Trinajstić information content (AvgIpc) is 3.01. The third-order valence-electron chi connectivity index (χ3n) is 5.26. The van der Waals surface area contributed by atoms with Crippen LogP contribution in [0.5, 0.6) is 0 Å². The molecule has 3 rings (SSSR count). The molecule has 0 aromatic heterocycles. The van der Waals surface area contributed by atoms with Gasteiger partial charge in [0.05, 0.1) is 6.61 Å². The fourth-order valence-electron chi connectivity index (χ4n) is 4.08. The molecule has 92 valence electrons. The summed E-state index contributed by atoms with van der Waals surface area (Å²) in [6, 6.07) is 0.654. The van der Waals surface area contributed by atoms with Crippen molar-refractivity contribution in [2.75, 3.05) is 19.8 Å². The van der Waals surface area contributed by atoms with Crippen LogP contribution in [-0.4, -0.2) is 25.8 Å². The van der Waals surface area contributed by atoms with Crippen molar-refractivity contribution in [3.63, 3.8) is 0 Å². The van der Waals surface area contributed by atoms with Gasteiger partial charge in [0.25, 0.3) is 0 Å². The first-order valence-electron chi connectivity index (χ1n) is 7.14. The predicted molar refractivity (Wildman–Crippen MR) is 65.3 cm³/mol. The van der Waals surface area contributed by atoms with E-state index in [1.54, 1.807) is 0 Å². The van der Waals surface area contributed by atoms with E-state index in [1.165, 1.54) is 38.6 Å². The van der Waals surface area contributed by atoms with Gasteiger partial charge in [0, 0.05) is 12.6 Å². The zero-order chi connectivity index (χ0) is 11.0. The highest BCUT2D eigenvalue weighted by atomic mass is 16.5. The van der Waals surface area contributed by atoms with E-state index in [4.69, 9.17) is 4.74 Å². The van der Waals surface area contributed by atoms with Crippen LogP contribution in [-0.2, 0) is 4.74 Å². The topological polar surface area (TPSA) is 21.3 Å². The number of rotatable bonds is 4. The molecule has 1 saturated heterocycles. The lowest BCUT2D eigenvalue weighted by atomic mass is 9.88. The number of fused-ring (bicyclic) bond motifs is 2. The highest BCUT2D eigenvalue weighted by Crippen LogP contribution is 2.47. The summed E-state index contributed by atoms with van der Waals surface area (Å²) >= 11 is 0. The smallest absolute Gasteiger partial charge is 0.0509 e. The van der Waals surface area contributed by atoms with E-state index in [0.717, 1.165) is 36.9 Å². The summed E-state index contributed by atoms with van der Waals surface area (Å²) in [4.78, 5) is 0. The Morgan fingerprint density at radius 2 is 2.19 bits per heavy atom. The second-order valence-electron chi connectivity index (χ2n) is 6.26. The van der Waals surface area contributed by atoms with Crippen LogP contribution in [0.25, 0.3) is 0 Å². The molecule has 2 heteroatoms. The molecule has 2 aliphatic carbocycles. The first-order chi connectivity index (χ1) is 7.83. The molecule has 2 nitrogen and oxygen atoms in total. The van der Waals surface area contributed by atoms with Gasteiger partial charge in [-0.05, 0) is 62.8 Å². The molecule has 5 unspecified atom stereocenters. The average molecular weight is 223 g/mol. The van der Waals surface area contributed by atoms with Crippen molar-refractivity contribution in [1.29, 1.82) is 0 Å². The second kappa shape index (κ2) is 4.66. The van der Waals surface area contributed by atoms with E-state index < -0.39 is 0 Å². The minimum atomic E-state index is 0.654. The van der Waals surface area contributed by atoms with Crippen molar-refractivity contribution < 1.29 is 4.74 Å². The zero-order valence-electron chi connectivity index (χ0n) is 10.5.